The summed E-state index contributed by atoms with van der Waals surface area (Å²) in [6, 6.07) is 7.82. The number of hydrogen-bond acceptors (Lipinski definition) is 4. The standard InChI is InChI=1S/C16H25N3O2/c17-11-13-4-3-5-14(10-13)18-16(21)7-9-19-8-2-1-6-15(19)12-20/h3-5,10,15,20H,1-2,6-9,11-12,17H2,(H,18,21). The van der Waals surface area contributed by atoms with E-state index in [1.54, 1.807) is 0 Å². The predicted octanol–water partition coefficient (Wildman–Crippen LogP) is 1.32. The number of nitrogens with one attached hydrogen (secondary N) is 1. The van der Waals surface area contributed by atoms with Gasteiger partial charge < -0.3 is 16.2 Å². The Bertz CT molecular complexity index is 465. The fourth-order valence-electron chi connectivity index (χ4n) is 2.81. The number of amides is 1. The predicted molar refractivity (Wildman–Crippen MR) is 83.9 cm³/mol. The van der Waals surface area contributed by atoms with Crippen LogP contribution in [0.3, 0.4) is 0 Å². The van der Waals surface area contributed by atoms with Crippen LogP contribution in [0.2, 0.25) is 0 Å². The van der Waals surface area contributed by atoms with Crippen LogP contribution in [-0.2, 0) is 11.3 Å². The van der Waals surface area contributed by atoms with E-state index in [2.05, 4.69) is 10.2 Å². The van der Waals surface area contributed by atoms with Gasteiger partial charge >= 0.3 is 0 Å². The Balaban J connectivity index is 1.81. The molecule has 4 N–H and O–H groups in total. The summed E-state index contributed by atoms with van der Waals surface area (Å²) in [5, 5.41) is 12.3. The number of aliphatic hydroxyl groups is 1. The Morgan fingerprint density at radius 3 is 3.05 bits per heavy atom. The molecule has 1 aromatic carbocycles. The summed E-state index contributed by atoms with van der Waals surface area (Å²) in [6.45, 7) is 2.32. The van der Waals surface area contributed by atoms with Crippen LogP contribution >= 0.6 is 0 Å². The molecular formula is C16H25N3O2. The number of rotatable bonds is 6. The van der Waals surface area contributed by atoms with E-state index in [1.165, 1.54) is 6.42 Å². The molecule has 1 unspecified atom stereocenters. The smallest absolute Gasteiger partial charge is 0.225 e. The minimum absolute atomic E-state index is 0.00596. The molecule has 1 amide bonds. The van der Waals surface area contributed by atoms with E-state index in [0.29, 0.717) is 19.5 Å². The maximum Gasteiger partial charge on any atom is 0.225 e. The first kappa shape index (κ1) is 15.9. The largest absolute Gasteiger partial charge is 0.395 e. The molecule has 1 aliphatic rings. The molecule has 1 atom stereocenters. The van der Waals surface area contributed by atoms with Gasteiger partial charge in [-0.2, -0.15) is 0 Å². The van der Waals surface area contributed by atoms with Crippen molar-refractivity contribution in [1.29, 1.82) is 0 Å². The van der Waals surface area contributed by atoms with Gasteiger partial charge in [-0.1, -0.05) is 18.6 Å². The molecule has 2 rings (SSSR count). The summed E-state index contributed by atoms with van der Waals surface area (Å²) in [5.74, 6) is 0.00596. The molecule has 5 nitrogen and oxygen atoms in total. The molecule has 21 heavy (non-hydrogen) atoms. The van der Waals surface area contributed by atoms with Crippen molar-refractivity contribution in [3.05, 3.63) is 29.8 Å². The fraction of sp³-hybridized carbons (Fsp3) is 0.562. The second kappa shape index (κ2) is 8.12. The summed E-state index contributed by atoms with van der Waals surface area (Å²) in [5.41, 5.74) is 7.39. The van der Waals surface area contributed by atoms with Crippen LogP contribution in [0.4, 0.5) is 5.69 Å². The van der Waals surface area contributed by atoms with Crippen LogP contribution in [0.1, 0.15) is 31.2 Å². The Kier molecular flexibility index (Phi) is 6.17. The molecule has 1 heterocycles. The second-order valence-electron chi connectivity index (χ2n) is 5.57. The van der Waals surface area contributed by atoms with E-state index in [4.69, 9.17) is 5.73 Å². The fourth-order valence-corrected chi connectivity index (χ4v) is 2.81. The lowest BCUT2D eigenvalue weighted by molar-refractivity contribution is -0.116. The quantitative estimate of drug-likeness (QED) is 0.738. The molecule has 5 heteroatoms. The van der Waals surface area contributed by atoms with Crippen LogP contribution < -0.4 is 11.1 Å². The summed E-state index contributed by atoms with van der Waals surface area (Å²) in [7, 11) is 0. The molecule has 1 aliphatic heterocycles. The van der Waals surface area contributed by atoms with Gasteiger partial charge in [-0.15, -0.1) is 0 Å². The number of piperidine rings is 1. The second-order valence-corrected chi connectivity index (χ2v) is 5.57. The average Bonchev–Trinajstić information content (AvgIpc) is 2.53. The molecule has 0 saturated carbocycles. The molecule has 0 bridgehead atoms. The van der Waals surface area contributed by atoms with E-state index in [9.17, 15) is 9.90 Å². The lowest BCUT2D eigenvalue weighted by atomic mass is 10.0. The molecule has 0 radical (unpaired) electrons. The lowest BCUT2D eigenvalue weighted by Gasteiger charge is -2.34. The summed E-state index contributed by atoms with van der Waals surface area (Å²) >= 11 is 0. The van der Waals surface area contributed by atoms with Crippen LogP contribution in [0.15, 0.2) is 24.3 Å². The number of likely N-dealkylation sites (tertiary alicyclic amines) is 1. The van der Waals surface area contributed by atoms with Crippen molar-refractivity contribution in [3.8, 4) is 0 Å². The van der Waals surface area contributed by atoms with Gasteiger partial charge in [0, 0.05) is 31.2 Å². The number of hydrogen-bond donors (Lipinski definition) is 3. The highest BCUT2D eigenvalue weighted by molar-refractivity contribution is 5.90. The molecular weight excluding hydrogens is 266 g/mol. The maximum absolute atomic E-state index is 12.0. The maximum atomic E-state index is 12.0. The third-order valence-electron chi connectivity index (χ3n) is 4.03. The van der Waals surface area contributed by atoms with E-state index < -0.39 is 0 Å². The van der Waals surface area contributed by atoms with Crippen molar-refractivity contribution < 1.29 is 9.90 Å². The third-order valence-corrected chi connectivity index (χ3v) is 4.03. The number of benzene rings is 1. The first-order chi connectivity index (χ1) is 10.2. The van der Waals surface area contributed by atoms with Gasteiger partial charge in [0.05, 0.1) is 6.61 Å². The third kappa shape index (κ3) is 4.81. The minimum atomic E-state index is 0.00596. The first-order valence-corrected chi connectivity index (χ1v) is 7.66. The molecule has 1 aromatic rings. The number of carbonyl (C=O) groups is 1. The Labute approximate surface area is 126 Å². The number of nitrogens with two attached hydrogens (primary N) is 1. The van der Waals surface area contributed by atoms with Crippen molar-refractivity contribution in [1.82, 2.24) is 4.90 Å². The van der Waals surface area contributed by atoms with Crippen LogP contribution in [0, 0.1) is 0 Å². The number of anilines is 1. The van der Waals surface area contributed by atoms with Crippen LogP contribution in [0.5, 0.6) is 0 Å². The Morgan fingerprint density at radius 2 is 2.29 bits per heavy atom. The molecule has 1 saturated heterocycles. The van der Waals surface area contributed by atoms with Crippen molar-refractivity contribution in [2.24, 2.45) is 5.73 Å². The normalized spacial score (nSPS) is 19.4. The number of aliphatic hydroxyl groups excluding tert-OH is 1. The molecule has 0 aliphatic carbocycles. The average molecular weight is 291 g/mol. The van der Waals surface area contributed by atoms with Gasteiger partial charge in [-0.05, 0) is 37.1 Å². The highest BCUT2D eigenvalue weighted by Crippen LogP contribution is 2.17. The van der Waals surface area contributed by atoms with Gasteiger partial charge in [0.1, 0.15) is 0 Å². The van der Waals surface area contributed by atoms with E-state index >= 15 is 0 Å². The van der Waals surface area contributed by atoms with Gasteiger partial charge in [-0.25, -0.2) is 0 Å². The SMILES string of the molecule is NCc1cccc(NC(=O)CCN2CCCCC2CO)c1. The zero-order chi connectivity index (χ0) is 15.1. The van der Waals surface area contributed by atoms with E-state index in [0.717, 1.165) is 30.6 Å². The van der Waals surface area contributed by atoms with Crippen LogP contribution in [0.25, 0.3) is 0 Å². The van der Waals surface area contributed by atoms with Gasteiger partial charge in [-0.3, -0.25) is 9.69 Å². The zero-order valence-corrected chi connectivity index (χ0v) is 12.4. The lowest BCUT2D eigenvalue weighted by Crippen LogP contribution is -2.43. The van der Waals surface area contributed by atoms with Gasteiger partial charge in [0.2, 0.25) is 5.91 Å². The summed E-state index contributed by atoms with van der Waals surface area (Å²) in [4.78, 5) is 14.2. The first-order valence-electron chi connectivity index (χ1n) is 7.66. The van der Waals surface area contributed by atoms with Gasteiger partial charge in [0.25, 0.3) is 0 Å². The van der Waals surface area contributed by atoms with Crippen molar-refractivity contribution in [2.75, 3.05) is 25.0 Å². The molecule has 0 spiro atoms. The van der Waals surface area contributed by atoms with E-state index in [-0.39, 0.29) is 18.6 Å². The number of carbonyl (C=O) groups excluding carboxylic acids is 1. The monoisotopic (exact) mass is 291 g/mol. The Morgan fingerprint density at radius 1 is 1.43 bits per heavy atom. The summed E-state index contributed by atoms with van der Waals surface area (Å²) in [6.07, 6.45) is 3.79. The van der Waals surface area contributed by atoms with Crippen molar-refractivity contribution >= 4 is 11.6 Å². The minimum Gasteiger partial charge on any atom is -0.395 e. The topological polar surface area (TPSA) is 78.6 Å². The van der Waals surface area contributed by atoms with Crippen molar-refractivity contribution in [2.45, 2.75) is 38.3 Å². The number of nitrogens with zero attached hydrogens (tertiary/aromatic N) is 1. The highest BCUT2D eigenvalue weighted by atomic mass is 16.3. The molecule has 116 valence electrons. The zero-order valence-electron chi connectivity index (χ0n) is 12.4. The summed E-state index contributed by atoms with van der Waals surface area (Å²) < 4.78 is 0. The highest BCUT2D eigenvalue weighted by Gasteiger charge is 2.21. The van der Waals surface area contributed by atoms with Gasteiger partial charge in [0.15, 0.2) is 0 Å². The molecule has 0 aromatic heterocycles. The van der Waals surface area contributed by atoms with E-state index in [1.807, 2.05) is 24.3 Å². The molecule has 1 fully saturated rings. The van der Waals surface area contributed by atoms with Crippen molar-refractivity contribution in [3.63, 3.8) is 0 Å². The Hall–Kier alpha value is -1.43. The van der Waals surface area contributed by atoms with Crippen LogP contribution in [-0.4, -0.2) is 41.7 Å².